The number of halogens is 1. The highest BCUT2D eigenvalue weighted by atomic mass is 19.1. The monoisotopic (exact) mass is 875 g/mol. The first kappa shape index (κ1) is 40.5. The maximum absolute atomic E-state index is 17.6. The molecule has 0 fully saturated rings. The highest BCUT2D eigenvalue weighted by Crippen LogP contribution is 2.54. The van der Waals surface area contributed by atoms with E-state index in [1.807, 2.05) is 103 Å². The minimum Gasteiger partial charge on any atom is -0.456 e. The fourth-order valence-electron chi connectivity index (χ4n) is 10.3. The van der Waals surface area contributed by atoms with Gasteiger partial charge in [-0.25, -0.2) is 4.39 Å². The summed E-state index contributed by atoms with van der Waals surface area (Å²) in [5.74, 6) is 1.20. The number of rotatable bonds is 8. The van der Waals surface area contributed by atoms with Crippen molar-refractivity contribution in [1.29, 1.82) is 5.26 Å². The number of hydrogen-bond donors (Lipinski definition) is 0. The second-order valence-electron chi connectivity index (χ2n) is 17.4. The van der Waals surface area contributed by atoms with Gasteiger partial charge in [0.2, 0.25) is 0 Å². The number of nitrogens with zero attached hydrogens (tertiary/aromatic N) is 3. The molecule has 0 atom stereocenters. The van der Waals surface area contributed by atoms with Crippen LogP contribution in [0.3, 0.4) is 0 Å². The maximum Gasteiger partial charge on any atom is 0.148 e. The molecule has 12 rings (SSSR count). The van der Waals surface area contributed by atoms with Gasteiger partial charge in [-0.2, -0.15) is 5.26 Å². The van der Waals surface area contributed by atoms with Crippen molar-refractivity contribution >= 4 is 66.4 Å². The second kappa shape index (κ2) is 16.5. The lowest BCUT2D eigenvalue weighted by Crippen LogP contribution is -2.14. The van der Waals surface area contributed by atoms with Crippen LogP contribution in [0.5, 0.6) is 11.5 Å². The fourth-order valence-corrected chi connectivity index (χ4v) is 10.3. The van der Waals surface area contributed by atoms with Crippen LogP contribution >= 0.6 is 0 Å². The second-order valence-corrected chi connectivity index (χ2v) is 17.4. The third kappa shape index (κ3) is 6.73. The van der Waals surface area contributed by atoms with Crippen LogP contribution in [0.15, 0.2) is 218 Å². The van der Waals surface area contributed by atoms with Crippen LogP contribution in [0.25, 0.3) is 65.7 Å². The minimum absolute atomic E-state index is 0.324. The van der Waals surface area contributed by atoms with E-state index in [4.69, 9.17) is 4.74 Å². The zero-order valence-electron chi connectivity index (χ0n) is 37.4. The van der Waals surface area contributed by atoms with Crippen molar-refractivity contribution in [2.45, 2.75) is 13.8 Å². The van der Waals surface area contributed by atoms with Gasteiger partial charge in [-0.05, 0) is 148 Å². The highest BCUT2D eigenvalue weighted by molar-refractivity contribution is 6.26. The molecular formula is C63H42FN3O. The van der Waals surface area contributed by atoms with E-state index in [1.165, 1.54) is 0 Å². The Hall–Kier alpha value is -8.98. The van der Waals surface area contributed by atoms with E-state index in [2.05, 4.69) is 139 Å². The SMILES string of the molecule is Cc1cc(C#N)cc(C)c1N(c1ccccc1)c1ccc2c(c1)Oc1cccc3c1c-2cc1c2ccccc2c(N(c2ccccc2)c2c(F)cc(-c4ccccc4)cc2-c2ccccc2)cc31. The van der Waals surface area contributed by atoms with Crippen LogP contribution in [0.4, 0.5) is 38.5 Å². The van der Waals surface area contributed by atoms with Gasteiger partial charge in [0.15, 0.2) is 0 Å². The molecule has 5 heteroatoms. The predicted octanol–water partition coefficient (Wildman–Crippen LogP) is 17.8. The molecule has 0 aromatic heterocycles. The van der Waals surface area contributed by atoms with Crippen LogP contribution in [-0.4, -0.2) is 0 Å². The van der Waals surface area contributed by atoms with Gasteiger partial charge in [0, 0.05) is 45.0 Å². The van der Waals surface area contributed by atoms with E-state index in [1.54, 1.807) is 6.07 Å². The lowest BCUT2D eigenvalue weighted by atomic mass is 9.88. The van der Waals surface area contributed by atoms with Gasteiger partial charge < -0.3 is 14.5 Å². The molecule has 1 aliphatic heterocycles. The van der Waals surface area contributed by atoms with Crippen molar-refractivity contribution in [3.63, 3.8) is 0 Å². The Morgan fingerprint density at radius 1 is 0.412 bits per heavy atom. The summed E-state index contributed by atoms with van der Waals surface area (Å²) < 4.78 is 24.6. The van der Waals surface area contributed by atoms with E-state index in [0.717, 1.165) is 117 Å². The first-order chi connectivity index (χ1) is 33.4. The summed E-state index contributed by atoms with van der Waals surface area (Å²) >= 11 is 0. The van der Waals surface area contributed by atoms with E-state index < -0.39 is 0 Å². The van der Waals surface area contributed by atoms with E-state index in [9.17, 15) is 5.26 Å². The third-order valence-electron chi connectivity index (χ3n) is 13.3. The van der Waals surface area contributed by atoms with Crippen LogP contribution in [0.1, 0.15) is 16.7 Å². The average molecular weight is 876 g/mol. The third-order valence-corrected chi connectivity index (χ3v) is 13.3. The summed E-state index contributed by atoms with van der Waals surface area (Å²) in [7, 11) is 0. The van der Waals surface area contributed by atoms with Gasteiger partial charge in [0.25, 0.3) is 0 Å². The van der Waals surface area contributed by atoms with Gasteiger partial charge >= 0.3 is 0 Å². The number of anilines is 6. The summed E-state index contributed by atoms with van der Waals surface area (Å²) in [6.07, 6.45) is 0. The Bertz CT molecular complexity index is 3790. The maximum atomic E-state index is 17.6. The van der Waals surface area contributed by atoms with E-state index in [0.29, 0.717) is 11.3 Å². The first-order valence-corrected chi connectivity index (χ1v) is 22.8. The molecule has 11 aromatic rings. The molecule has 0 aliphatic carbocycles. The molecular weight excluding hydrogens is 834 g/mol. The van der Waals surface area contributed by atoms with Crippen LogP contribution < -0.4 is 14.5 Å². The molecule has 0 saturated carbocycles. The molecule has 68 heavy (non-hydrogen) atoms. The van der Waals surface area contributed by atoms with Crippen molar-refractivity contribution in [1.82, 2.24) is 0 Å². The molecule has 0 bridgehead atoms. The van der Waals surface area contributed by atoms with E-state index in [-0.39, 0.29) is 5.82 Å². The molecule has 322 valence electrons. The molecule has 11 aromatic carbocycles. The Labute approximate surface area is 394 Å². The lowest BCUT2D eigenvalue weighted by molar-refractivity contribution is 0.487. The zero-order chi connectivity index (χ0) is 45.9. The smallest absolute Gasteiger partial charge is 0.148 e. The van der Waals surface area contributed by atoms with Crippen LogP contribution in [0.2, 0.25) is 0 Å². The molecule has 0 N–H and O–H groups in total. The van der Waals surface area contributed by atoms with Gasteiger partial charge in [0.1, 0.15) is 17.3 Å². The molecule has 0 spiro atoms. The Morgan fingerprint density at radius 2 is 1.00 bits per heavy atom. The predicted molar refractivity (Wildman–Crippen MR) is 279 cm³/mol. The number of hydrogen-bond acceptors (Lipinski definition) is 4. The molecule has 1 aliphatic rings. The summed E-state index contributed by atoms with van der Waals surface area (Å²) in [4.78, 5) is 4.35. The van der Waals surface area contributed by atoms with Gasteiger partial charge in [-0.1, -0.05) is 133 Å². The quantitative estimate of drug-likeness (QED) is 0.143. The molecule has 4 nitrogen and oxygen atoms in total. The van der Waals surface area contributed by atoms with Crippen LogP contribution in [0, 0.1) is 31.0 Å². The van der Waals surface area contributed by atoms with Gasteiger partial charge in [-0.3, -0.25) is 0 Å². The topological polar surface area (TPSA) is 39.5 Å². The molecule has 0 saturated heterocycles. The van der Waals surface area contributed by atoms with Crippen molar-refractivity contribution in [3.8, 4) is 50.9 Å². The Kier molecular flexibility index (Phi) is 9.82. The Balaban J connectivity index is 1.08. The number of ether oxygens (including phenoxy) is 1. The zero-order valence-corrected chi connectivity index (χ0v) is 37.4. The van der Waals surface area contributed by atoms with Gasteiger partial charge in [0.05, 0.1) is 28.7 Å². The molecule has 0 radical (unpaired) electrons. The van der Waals surface area contributed by atoms with Crippen molar-refractivity contribution in [2.24, 2.45) is 0 Å². The number of para-hydroxylation sites is 2. The first-order valence-electron chi connectivity index (χ1n) is 22.8. The standard InChI is InChI=1S/C63H42FN3O/c1-40-32-42(39-65)33-41(2)62(40)66(46-22-11-5-12-23-46)48-30-31-51-56-37-54-49-26-15-16-27-50(49)58(38-55(54)52-28-17-29-59(61(52)56)68-60(51)36-48)67(47-24-13-6-14-25-47)63-53(44-20-9-4-10-21-44)34-45(35-57(63)64)43-18-7-3-8-19-43/h3-38H,1-2H3. The highest BCUT2D eigenvalue weighted by Gasteiger charge is 2.28. The largest absolute Gasteiger partial charge is 0.456 e. The van der Waals surface area contributed by atoms with Crippen molar-refractivity contribution < 1.29 is 9.13 Å². The summed E-state index contributed by atoms with van der Waals surface area (Å²) in [6, 6.07) is 76.4. The molecule has 0 amide bonds. The van der Waals surface area contributed by atoms with Crippen molar-refractivity contribution in [2.75, 3.05) is 9.80 Å². The molecule has 0 unspecified atom stereocenters. The molecule has 1 heterocycles. The van der Waals surface area contributed by atoms with E-state index >= 15 is 4.39 Å². The minimum atomic E-state index is -0.324. The summed E-state index contributed by atoms with van der Waals surface area (Å²) in [5, 5.41) is 16.0. The summed E-state index contributed by atoms with van der Waals surface area (Å²) in [6.45, 7) is 4.12. The average Bonchev–Trinajstić information content (AvgIpc) is 3.39. The normalized spacial score (nSPS) is 11.6. The fraction of sp³-hybridized carbons (Fsp3) is 0.0317. The Morgan fingerprint density at radius 3 is 1.68 bits per heavy atom. The number of nitriles is 1. The summed E-state index contributed by atoms with van der Waals surface area (Å²) in [5.41, 5.74) is 13.3. The van der Waals surface area contributed by atoms with Crippen molar-refractivity contribution in [3.05, 3.63) is 241 Å². The number of aryl methyl sites for hydroxylation is 2. The lowest BCUT2D eigenvalue weighted by Gasteiger charge is -2.31. The van der Waals surface area contributed by atoms with Gasteiger partial charge in [-0.15, -0.1) is 0 Å². The number of fused-ring (bicyclic) bond motifs is 6. The number of benzene rings is 11. The van der Waals surface area contributed by atoms with Crippen LogP contribution in [-0.2, 0) is 0 Å².